The van der Waals surface area contributed by atoms with Gasteiger partial charge in [-0.15, -0.1) is 0 Å². The lowest BCUT2D eigenvalue weighted by molar-refractivity contribution is -0.154. The molecule has 4 atom stereocenters. The predicted octanol–water partition coefficient (Wildman–Crippen LogP) is 2.13. The topological polar surface area (TPSA) is 26.3 Å². The SMILES string of the molecule is C[C@@]12OC(=O)C[C@]1(C)[C@@H]1CC[C@@H]2C1. The molecular weight excluding hydrogens is 164 g/mol. The van der Waals surface area contributed by atoms with Gasteiger partial charge in [-0.3, -0.25) is 4.79 Å². The monoisotopic (exact) mass is 180 g/mol. The quantitative estimate of drug-likeness (QED) is 0.534. The highest BCUT2D eigenvalue weighted by Gasteiger charge is 2.68. The first kappa shape index (κ1) is 7.84. The number of hydrogen-bond donors (Lipinski definition) is 0. The van der Waals surface area contributed by atoms with E-state index in [1.165, 1.54) is 19.3 Å². The Kier molecular flexibility index (Phi) is 1.17. The van der Waals surface area contributed by atoms with Gasteiger partial charge < -0.3 is 4.74 Å². The van der Waals surface area contributed by atoms with Crippen LogP contribution in [0.2, 0.25) is 0 Å². The van der Waals surface area contributed by atoms with Gasteiger partial charge >= 0.3 is 5.97 Å². The summed E-state index contributed by atoms with van der Waals surface area (Å²) in [5.74, 6) is 1.42. The normalized spacial score (nSPS) is 58.2. The van der Waals surface area contributed by atoms with E-state index in [-0.39, 0.29) is 17.0 Å². The Hall–Kier alpha value is -0.530. The molecule has 0 unspecified atom stereocenters. The number of hydrogen-bond acceptors (Lipinski definition) is 2. The number of ether oxygens (including phenoxy) is 1. The van der Waals surface area contributed by atoms with E-state index in [0.717, 1.165) is 5.92 Å². The molecular formula is C11H16O2. The van der Waals surface area contributed by atoms with Crippen LogP contribution in [0, 0.1) is 17.3 Å². The maximum atomic E-state index is 11.4. The molecule has 13 heavy (non-hydrogen) atoms. The van der Waals surface area contributed by atoms with Crippen molar-refractivity contribution >= 4 is 5.97 Å². The second kappa shape index (κ2) is 1.94. The number of carbonyl (C=O) groups is 1. The van der Waals surface area contributed by atoms with Crippen LogP contribution in [0.5, 0.6) is 0 Å². The lowest BCUT2D eigenvalue weighted by atomic mass is 9.65. The molecule has 3 rings (SSSR count). The van der Waals surface area contributed by atoms with Gasteiger partial charge in [0, 0.05) is 5.41 Å². The Bertz CT molecular complexity index is 260. The van der Waals surface area contributed by atoms with Gasteiger partial charge in [-0.05, 0) is 38.0 Å². The number of rotatable bonds is 0. The van der Waals surface area contributed by atoms with Crippen molar-refractivity contribution < 1.29 is 9.53 Å². The van der Waals surface area contributed by atoms with E-state index in [9.17, 15) is 4.79 Å². The molecule has 2 saturated carbocycles. The highest BCUT2D eigenvalue weighted by Crippen LogP contribution is 2.67. The first-order valence-electron chi connectivity index (χ1n) is 5.28. The molecule has 3 aliphatic rings. The van der Waals surface area contributed by atoms with Crippen LogP contribution in [0.15, 0.2) is 0 Å². The van der Waals surface area contributed by atoms with E-state index >= 15 is 0 Å². The molecule has 2 heteroatoms. The third-order valence-corrected chi connectivity index (χ3v) is 5.08. The molecule has 3 fully saturated rings. The lowest BCUT2D eigenvalue weighted by Crippen LogP contribution is -2.45. The predicted molar refractivity (Wildman–Crippen MR) is 48.1 cm³/mol. The Morgan fingerprint density at radius 3 is 2.69 bits per heavy atom. The van der Waals surface area contributed by atoms with Crippen molar-refractivity contribution in [1.82, 2.24) is 0 Å². The van der Waals surface area contributed by atoms with Crippen LogP contribution in [-0.4, -0.2) is 11.6 Å². The lowest BCUT2D eigenvalue weighted by Gasteiger charge is -2.41. The zero-order valence-electron chi connectivity index (χ0n) is 8.30. The summed E-state index contributed by atoms with van der Waals surface area (Å²) in [5.41, 5.74) is 0.0417. The summed E-state index contributed by atoms with van der Waals surface area (Å²) in [6, 6.07) is 0. The summed E-state index contributed by atoms with van der Waals surface area (Å²) in [4.78, 5) is 11.4. The van der Waals surface area contributed by atoms with Crippen LogP contribution in [0.3, 0.4) is 0 Å². The standard InChI is InChI=1S/C11H16O2/c1-10-6-9(12)13-11(10,2)8-4-3-7(10)5-8/h7-8H,3-6H2,1-2H3/t7-,8-,10-,11+/m1/s1. The van der Waals surface area contributed by atoms with Gasteiger partial charge in [0.2, 0.25) is 0 Å². The van der Waals surface area contributed by atoms with Crippen LogP contribution in [0.1, 0.15) is 39.5 Å². The van der Waals surface area contributed by atoms with Crippen molar-refractivity contribution in [1.29, 1.82) is 0 Å². The maximum absolute atomic E-state index is 11.4. The Balaban J connectivity index is 2.10. The fourth-order valence-electron chi connectivity index (χ4n) is 4.02. The third-order valence-electron chi connectivity index (χ3n) is 5.08. The molecule has 1 heterocycles. The second-order valence-corrected chi connectivity index (χ2v) is 5.38. The Morgan fingerprint density at radius 2 is 2.00 bits per heavy atom. The summed E-state index contributed by atoms with van der Waals surface area (Å²) in [7, 11) is 0. The molecule has 0 aromatic rings. The molecule has 0 amide bonds. The largest absolute Gasteiger partial charge is 0.458 e. The van der Waals surface area contributed by atoms with Crippen LogP contribution in [0.4, 0.5) is 0 Å². The molecule has 1 saturated heterocycles. The Labute approximate surface area is 78.6 Å². The molecule has 0 spiro atoms. The van der Waals surface area contributed by atoms with E-state index in [2.05, 4.69) is 13.8 Å². The minimum absolute atomic E-state index is 0.0293. The summed E-state index contributed by atoms with van der Waals surface area (Å²) in [6.45, 7) is 4.41. The zero-order valence-corrected chi connectivity index (χ0v) is 8.30. The van der Waals surface area contributed by atoms with Gasteiger partial charge in [0.05, 0.1) is 6.42 Å². The van der Waals surface area contributed by atoms with Crippen LogP contribution in [0.25, 0.3) is 0 Å². The van der Waals surface area contributed by atoms with Crippen molar-refractivity contribution in [2.45, 2.75) is 45.1 Å². The number of esters is 1. The molecule has 72 valence electrons. The van der Waals surface area contributed by atoms with Crippen LogP contribution >= 0.6 is 0 Å². The van der Waals surface area contributed by atoms with E-state index in [4.69, 9.17) is 4.74 Å². The third kappa shape index (κ3) is 0.660. The summed E-state index contributed by atoms with van der Waals surface area (Å²) in [5, 5.41) is 0. The number of fused-ring (bicyclic) bond motifs is 5. The molecule has 0 radical (unpaired) electrons. The Morgan fingerprint density at radius 1 is 1.31 bits per heavy atom. The molecule has 1 aliphatic heterocycles. The molecule has 0 N–H and O–H groups in total. The molecule has 0 aromatic carbocycles. The molecule has 2 nitrogen and oxygen atoms in total. The summed E-state index contributed by atoms with van der Waals surface area (Å²) >= 11 is 0. The smallest absolute Gasteiger partial charge is 0.307 e. The minimum atomic E-state index is -0.118. The first-order valence-corrected chi connectivity index (χ1v) is 5.28. The van der Waals surface area contributed by atoms with Gasteiger partial charge in [-0.1, -0.05) is 6.92 Å². The van der Waals surface area contributed by atoms with Gasteiger partial charge in [0.25, 0.3) is 0 Å². The van der Waals surface area contributed by atoms with Crippen LogP contribution < -0.4 is 0 Å². The van der Waals surface area contributed by atoms with Crippen molar-refractivity contribution in [3.63, 3.8) is 0 Å². The zero-order chi connectivity index (χ0) is 9.27. The van der Waals surface area contributed by atoms with Gasteiger partial charge in [0.1, 0.15) is 5.60 Å². The second-order valence-electron chi connectivity index (χ2n) is 5.38. The first-order chi connectivity index (χ1) is 6.06. The highest BCUT2D eigenvalue weighted by atomic mass is 16.6. The van der Waals surface area contributed by atoms with Crippen molar-refractivity contribution in [3.05, 3.63) is 0 Å². The molecule has 2 aliphatic carbocycles. The summed E-state index contributed by atoms with van der Waals surface area (Å²) < 4.78 is 5.57. The van der Waals surface area contributed by atoms with Gasteiger partial charge in [0.15, 0.2) is 0 Å². The van der Waals surface area contributed by atoms with Gasteiger partial charge in [-0.2, -0.15) is 0 Å². The number of carbonyl (C=O) groups excluding carboxylic acids is 1. The average Bonchev–Trinajstić information content (AvgIpc) is 2.59. The van der Waals surface area contributed by atoms with E-state index in [1.54, 1.807) is 0 Å². The fourth-order valence-corrected chi connectivity index (χ4v) is 4.02. The maximum Gasteiger partial charge on any atom is 0.307 e. The molecule has 2 bridgehead atoms. The average molecular weight is 180 g/mol. The van der Waals surface area contributed by atoms with E-state index < -0.39 is 0 Å². The van der Waals surface area contributed by atoms with E-state index in [1.807, 2.05) is 0 Å². The van der Waals surface area contributed by atoms with Crippen molar-refractivity contribution in [2.75, 3.05) is 0 Å². The van der Waals surface area contributed by atoms with E-state index in [0.29, 0.717) is 12.3 Å². The van der Waals surface area contributed by atoms with Crippen molar-refractivity contribution in [3.8, 4) is 0 Å². The highest BCUT2D eigenvalue weighted by molar-refractivity contribution is 5.74. The minimum Gasteiger partial charge on any atom is -0.458 e. The fraction of sp³-hybridized carbons (Fsp3) is 0.909. The van der Waals surface area contributed by atoms with Crippen LogP contribution in [-0.2, 0) is 9.53 Å². The van der Waals surface area contributed by atoms with Crippen molar-refractivity contribution in [2.24, 2.45) is 17.3 Å². The molecule has 0 aromatic heterocycles. The summed E-state index contributed by atoms with van der Waals surface area (Å²) in [6.07, 6.45) is 4.53. The van der Waals surface area contributed by atoms with Gasteiger partial charge in [-0.25, -0.2) is 0 Å².